The lowest BCUT2D eigenvalue weighted by atomic mass is 9.90. The molecule has 0 atom stereocenters. The number of hydrogen-bond acceptors (Lipinski definition) is 3. The second kappa shape index (κ2) is 9.06. The molecule has 0 saturated carbocycles. The summed E-state index contributed by atoms with van der Waals surface area (Å²) in [5, 5.41) is 2.93. The Morgan fingerprint density at radius 3 is 2.05 bits per heavy atom. The van der Waals surface area contributed by atoms with Crippen molar-refractivity contribution in [1.29, 1.82) is 0 Å². The van der Waals surface area contributed by atoms with Crippen molar-refractivity contribution in [3.8, 4) is 0 Å². The average molecular weight is 299 g/mol. The zero-order valence-corrected chi connectivity index (χ0v) is 14.7. The van der Waals surface area contributed by atoms with E-state index in [9.17, 15) is 9.59 Å². The Morgan fingerprint density at radius 2 is 1.52 bits per heavy atom. The first-order valence-electron chi connectivity index (χ1n) is 7.98. The van der Waals surface area contributed by atoms with E-state index in [4.69, 9.17) is 4.74 Å². The van der Waals surface area contributed by atoms with Crippen molar-refractivity contribution >= 4 is 11.9 Å². The Kier molecular flexibility index (Phi) is 8.60. The van der Waals surface area contributed by atoms with E-state index in [1.165, 1.54) is 0 Å². The maximum absolute atomic E-state index is 11.6. The van der Waals surface area contributed by atoms with Crippen LogP contribution in [0.15, 0.2) is 0 Å². The Labute approximate surface area is 130 Å². The Bertz CT molecular complexity index is 324. The van der Waals surface area contributed by atoms with Gasteiger partial charge in [-0.3, -0.25) is 9.59 Å². The van der Waals surface area contributed by atoms with Crippen LogP contribution in [-0.2, 0) is 14.3 Å². The molecule has 0 bridgehead atoms. The number of hydrogen-bond donors (Lipinski definition) is 1. The van der Waals surface area contributed by atoms with E-state index in [1.807, 2.05) is 20.8 Å². The molecule has 1 N–H and O–H groups in total. The molecule has 1 amide bonds. The molecule has 0 unspecified atom stereocenters. The molecule has 0 fully saturated rings. The summed E-state index contributed by atoms with van der Waals surface area (Å²) in [6, 6.07) is 0. The van der Waals surface area contributed by atoms with Gasteiger partial charge in [0.1, 0.15) is 5.60 Å². The van der Waals surface area contributed by atoms with Gasteiger partial charge in [0.15, 0.2) is 0 Å². The predicted molar refractivity (Wildman–Crippen MR) is 86.0 cm³/mol. The van der Waals surface area contributed by atoms with Crippen LogP contribution < -0.4 is 5.32 Å². The molecule has 0 aromatic carbocycles. The van der Waals surface area contributed by atoms with Crippen LogP contribution in [0.3, 0.4) is 0 Å². The van der Waals surface area contributed by atoms with Crippen molar-refractivity contribution in [2.45, 2.75) is 85.7 Å². The van der Waals surface area contributed by atoms with Gasteiger partial charge in [0.05, 0.1) is 0 Å². The summed E-state index contributed by atoms with van der Waals surface area (Å²) in [6.45, 7) is 12.7. The van der Waals surface area contributed by atoms with E-state index in [-0.39, 0.29) is 17.3 Å². The molecule has 0 saturated heterocycles. The summed E-state index contributed by atoms with van der Waals surface area (Å²) in [6.07, 6.45) is 4.59. The Hall–Kier alpha value is -1.06. The van der Waals surface area contributed by atoms with Crippen molar-refractivity contribution in [2.24, 2.45) is 5.41 Å². The molecule has 4 nitrogen and oxygen atoms in total. The third-order valence-electron chi connectivity index (χ3n) is 2.90. The van der Waals surface area contributed by atoms with Gasteiger partial charge < -0.3 is 10.1 Å². The summed E-state index contributed by atoms with van der Waals surface area (Å²) in [5.74, 6) is -0.0196. The van der Waals surface area contributed by atoms with Crippen LogP contribution in [0.4, 0.5) is 0 Å². The first-order valence-corrected chi connectivity index (χ1v) is 7.98. The average Bonchev–Trinajstić information content (AvgIpc) is 2.27. The van der Waals surface area contributed by atoms with Gasteiger partial charge in [-0.05, 0) is 45.4 Å². The lowest BCUT2D eigenvalue weighted by molar-refractivity contribution is -0.154. The van der Waals surface area contributed by atoms with Crippen LogP contribution >= 0.6 is 0 Å². The van der Waals surface area contributed by atoms with Crippen LogP contribution in [0.25, 0.3) is 0 Å². The minimum absolute atomic E-state index is 0.122. The lowest BCUT2D eigenvalue weighted by Crippen LogP contribution is -2.25. The fourth-order valence-corrected chi connectivity index (χ4v) is 1.77. The summed E-state index contributed by atoms with van der Waals surface area (Å²) >= 11 is 0. The first kappa shape index (κ1) is 19.9. The van der Waals surface area contributed by atoms with Crippen LogP contribution in [0, 0.1) is 5.41 Å². The second-order valence-corrected chi connectivity index (χ2v) is 7.81. The maximum atomic E-state index is 11.6. The van der Waals surface area contributed by atoms with Crippen LogP contribution in [-0.4, -0.2) is 24.0 Å². The van der Waals surface area contributed by atoms with Crippen molar-refractivity contribution in [2.75, 3.05) is 6.54 Å². The Balaban J connectivity index is 3.52. The van der Waals surface area contributed by atoms with E-state index in [1.54, 1.807) is 0 Å². The molecular weight excluding hydrogens is 266 g/mol. The van der Waals surface area contributed by atoms with Gasteiger partial charge in [-0.15, -0.1) is 0 Å². The smallest absolute Gasteiger partial charge is 0.306 e. The highest BCUT2D eigenvalue weighted by Gasteiger charge is 2.15. The zero-order valence-electron chi connectivity index (χ0n) is 14.7. The van der Waals surface area contributed by atoms with Gasteiger partial charge in [0, 0.05) is 19.4 Å². The number of esters is 1. The van der Waals surface area contributed by atoms with Crippen LogP contribution in [0.5, 0.6) is 0 Å². The normalized spacial score (nSPS) is 12.1. The largest absolute Gasteiger partial charge is 0.460 e. The minimum atomic E-state index is -0.405. The molecule has 124 valence electrons. The minimum Gasteiger partial charge on any atom is -0.460 e. The number of ether oxygens (including phenoxy) is 1. The standard InChI is InChI=1S/C17H33NO3/c1-16(2,3)12-11-14(19)18-13-9-7-8-10-15(20)21-17(4,5)6/h7-13H2,1-6H3,(H,18,19). The molecule has 0 rings (SSSR count). The quantitative estimate of drug-likeness (QED) is 0.547. The Morgan fingerprint density at radius 1 is 0.905 bits per heavy atom. The number of carbonyl (C=O) groups is 2. The maximum Gasteiger partial charge on any atom is 0.306 e. The summed E-state index contributed by atoms with van der Waals surface area (Å²) in [5.41, 5.74) is -0.205. The molecule has 4 heteroatoms. The monoisotopic (exact) mass is 299 g/mol. The lowest BCUT2D eigenvalue weighted by Gasteiger charge is -2.19. The van der Waals surface area contributed by atoms with Gasteiger partial charge in [-0.2, -0.15) is 0 Å². The number of rotatable bonds is 8. The SMILES string of the molecule is CC(C)(C)CCC(=O)NCCCCCC(=O)OC(C)(C)C. The number of unbranched alkanes of at least 4 members (excludes halogenated alkanes) is 2. The molecule has 0 aliphatic carbocycles. The fraction of sp³-hybridized carbons (Fsp3) is 0.882. The van der Waals surface area contributed by atoms with E-state index in [2.05, 4.69) is 26.1 Å². The third kappa shape index (κ3) is 15.2. The molecule has 0 aliphatic rings. The molecule has 21 heavy (non-hydrogen) atoms. The van der Waals surface area contributed by atoms with Crippen LogP contribution in [0.1, 0.15) is 80.1 Å². The van der Waals surface area contributed by atoms with Crippen molar-refractivity contribution < 1.29 is 14.3 Å². The summed E-state index contributed by atoms with van der Waals surface area (Å²) in [4.78, 5) is 23.1. The van der Waals surface area contributed by atoms with Crippen molar-refractivity contribution in [1.82, 2.24) is 5.32 Å². The number of nitrogens with one attached hydrogen (secondary N) is 1. The molecule has 0 radical (unpaired) electrons. The van der Waals surface area contributed by atoms with E-state index >= 15 is 0 Å². The molecule has 0 aromatic rings. The molecule has 0 heterocycles. The van der Waals surface area contributed by atoms with Gasteiger partial charge in [0.2, 0.25) is 5.91 Å². The summed E-state index contributed by atoms with van der Waals surface area (Å²) in [7, 11) is 0. The highest BCUT2D eigenvalue weighted by Crippen LogP contribution is 2.20. The molecular formula is C17H33NO3. The zero-order chi connectivity index (χ0) is 16.5. The van der Waals surface area contributed by atoms with Crippen molar-refractivity contribution in [3.63, 3.8) is 0 Å². The van der Waals surface area contributed by atoms with Gasteiger partial charge >= 0.3 is 5.97 Å². The first-order chi connectivity index (χ1) is 9.49. The molecule has 0 spiro atoms. The van der Waals surface area contributed by atoms with Crippen LogP contribution in [0.2, 0.25) is 0 Å². The fourth-order valence-electron chi connectivity index (χ4n) is 1.77. The van der Waals surface area contributed by atoms with E-state index in [0.29, 0.717) is 19.4 Å². The summed E-state index contributed by atoms with van der Waals surface area (Å²) < 4.78 is 5.24. The van der Waals surface area contributed by atoms with E-state index < -0.39 is 5.60 Å². The highest BCUT2D eigenvalue weighted by molar-refractivity contribution is 5.75. The number of amides is 1. The van der Waals surface area contributed by atoms with Gasteiger partial charge in [0.25, 0.3) is 0 Å². The third-order valence-corrected chi connectivity index (χ3v) is 2.90. The molecule has 0 aliphatic heterocycles. The van der Waals surface area contributed by atoms with E-state index in [0.717, 1.165) is 25.7 Å². The van der Waals surface area contributed by atoms with Crippen molar-refractivity contribution in [3.05, 3.63) is 0 Å². The topological polar surface area (TPSA) is 55.4 Å². The second-order valence-electron chi connectivity index (χ2n) is 7.81. The highest BCUT2D eigenvalue weighted by atomic mass is 16.6. The molecule has 0 aromatic heterocycles. The van der Waals surface area contributed by atoms with Gasteiger partial charge in [-0.25, -0.2) is 0 Å². The van der Waals surface area contributed by atoms with Gasteiger partial charge in [-0.1, -0.05) is 27.2 Å². The predicted octanol–water partition coefficient (Wildman–Crippen LogP) is 3.83. The number of carbonyl (C=O) groups excluding carboxylic acids is 2.